The largest absolute Gasteiger partial charge is 0.465 e. The average molecular weight is 342 g/mol. The summed E-state index contributed by atoms with van der Waals surface area (Å²) in [6.07, 6.45) is 4.04. The molecule has 1 atom stereocenters. The van der Waals surface area contributed by atoms with Crippen molar-refractivity contribution in [1.82, 2.24) is 19.7 Å². The number of carbonyl (C=O) groups is 1. The number of ether oxygens (including phenoxy) is 1. The molecule has 124 valence electrons. The number of thioether (sulfide) groups is 1. The van der Waals surface area contributed by atoms with E-state index in [4.69, 9.17) is 4.74 Å². The molecule has 0 spiro atoms. The van der Waals surface area contributed by atoms with E-state index in [0.29, 0.717) is 12.3 Å². The number of esters is 1. The monoisotopic (exact) mass is 342 g/mol. The van der Waals surface area contributed by atoms with E-state index in [-0.39, 0.29) is 11.2 Å². The minimum atomic E-state index is -0.338. The lowest BCUT2D eigenvalue weighted by Crippen LogP contribution is -2.17. The SMILES string of the molecule is CCCOC(=O)C(C)Sc1ncnc2c1cnn2-c1ccccc1. The van der Waals surface area contributed by atoms with Crippen molar-refractivity contribution in [2.75, 3.05) is 6.61 Å². The zero-order valence-electron chi connectivity index (χ0n) is 13.5. The molecule has 2 heterocycles. The van der Waals surface area contributed by atoms with Crippen LogP contribution in [0.3, 0.4) is 0 Å². The molecule has 7 heteroatoms. The summed E-state index contributed by atoms with van der Waals surface area (Å²) in [4.78, 5) is 20.6. The number of hydrogen-bond donors (Lipinski definition) is 0. The molecule has 0 fully saturated rings. The van der Waals surface area contributed by atoms with E-state index in [1.807, 2.05) is 44.2 Å². The molecule has 3 aromatic rings. The number of nitrogens with zero attached hydrogens (tertiary/aromatic N) is 4. The third-order valence-electron chi connectivity index (χ3n) is 3.40. The molecule has 0 bridgehead atoms. The van der Waals surface area contributed by atoms with Gasteiger partial charge in [-0.2, -0.15) is 5.10 Å². The normalized spacial score (nSPS) is 12.2. The first-order chi connectivity index (χ1) is 11.7. The van der Waals surface area contributed by atoms with Crippen LogP contribution in [-0.2, 0) is 9.53 Å². The van der Waals surface area contributed by atoms with Crippen molar-refractivity contribution >= 4 is 28.8 Å². The standard InChI is InChI=1S/C17H18N4O2S/c1-3-9-23-17(22)12(2)24-16-14-10-20-21(15(14)18-11-19-16)13-7-5-4-6-8-13/h4-8,10-12H,3,9H2,1-2H3. The van der Waals surface area contributed by atoms with Crippen LogP contribution in [0.4, 0.5) is 0 Å². The number of benzene rings is 1. The van der Waals surface area contributed by atoms with Crippen molar-refractivity contribution in [3.05, 3.63) is 42.9 Å². The highest BCUT2D eigenvalue weighted by Crippen LogP contribution is 2.29. The lowest BCUT2D eigenvalue weighted by molar-refractivity contribution is -0.142. The number of aromatic nitrogens is 4. The van der Waals surface area contributed by atoms with Crippen molar-refractivity contribution in [2.45, 2.75) is 30.5 Å². The quantitative estimate of drug-likeness (QED) is 0.389. The molecule has 0 N–H and O–H groups in total. The molecule has 2 aromatic heterocycles. The molecule has 0 saturated carbocycles. The maximum Gasteiger partial charge on any atom is 0.319 e. The second-order valence-corrected chi connectivity index (χ2v) is 6.57. The van der Waals surface area contributed by atoms with Gasteiger partial charge in [0.25, 0.3) is 0 Å². The highest BCUT2D eigenvalue weighted by atomic mass is 32.2. The first kappa shape index (κ1) is 16.4. The zero-order chi connectivity index (χ0) is 16.9. The zero-order valence-corrected chi connectivity index (χ0v) is 14.4. The average Bonchev–Trinajstić information content (AvgIpc) is 3.05. The predicted molar refractivity (Wildman–Crippen MR) is 93.2 cm³/mol. The maximum absolute atomic E-state index is 12.0. The second kappa shape index (κ2) is 7.44. The van der Waals surface area contributed by atoms with E-state index in [9.17, 15) is 4.79 Å². The van der Waals surface area contributed by atoms with Crippen molar-refractivity contribution in [2.24, 2.45) is 0 Å². The smallest absolute Gasteiger partial charge is 0.319 e. The Morgan fingerprint density at radius 3 is 2.83 bits per heavy atom. The summed E-state index contributed by atoms with van der Waals surface area (Å²) in [5, 5.41) is 5.62. The van der Waals surface area contributed by atoms with Gasteiger partial charge < -0.3 is 4.74 Å². The fourth-order valence-corrected chi connectivity index (χ4v) is 3.09. The summed E-state index contributed by atoms with van der Waals surface area (Å²) in [5.74, 6) is -0.232. The summed E-state index contributed by atoms with van der Waals surface area (Å²) in [6, 6.07) is 9.78. The van der Waals surface area contributed by atoms with E-state index in [0.717, 1.165) is 22.5 Å². The van der Waals surface area contributed by atoms with Gasteiger partial charge in [-0.25, -0.2) is 14.6 Å². The summed E-state index contributed by atoms with van der Waals surface area (Å²) in [7, 11) is 0. The molecule has 24 heavy (non-hydrogen) atoms. The van der Waals surface area contributed by atoms with Gasteiger partial charge in [0.2, 0.25) is 0 Å². The van der Waals surface area contributed by atoms with Gasteiger partial charge in [0, 0.05) is 0 Å². The van der Waals surface area contributed by atoms with E-state index >= 15 is 0 Å². The van der Waals surface area contributed by atoms with Crippen LogP contribution < -0.4 is 0 Å². The Balaban J connectivity index is 1.88. The molecule has 0 aliphatic rings. The molecule has 6 nitrogen and oxygen atoms in total. The van der Waals surface area contributed by atoms with Gasteiger partial charge in [0.05, 0.1) is 23.9 Å². The van der Waals surface area contributed by atoms with Gasteiger partial charge in [0.1, 0.15) is 16.6 Å². The molecule has 1 unspecified atom stereocenters. The number of rotatable bonds is 6. The van der Waals surface area contributed by atoms with Crippen LogP contribution in [-0.4, -0.2) is 37.6 Å². The van der Waals surface area contributed by atoms with Crippen LogP contribution in [0.25, 0.3) is 16.7 Å². The lowest BCUT2D eigenvalue weighted by Gasteiger charge is -2.10. The predicted octanol–water partition coefficient (Wildman–Crippen LogP) is 3.25. The van der Waals surface area contributed by atoms with Gasteiger partial charge in [-0.3, -0.25) is 4.79 Å². The Bertz CT molecular complexity index is 835. The Morgan fingerprint density at radius 2 is 2.08 bits per heavy atom. The first-order valence-corrected chi connectivity index (χ1v) is 8.66. The third kappa shape index (κ3) is 3.41. The van der Waals surface area contributed by atoms with Crippen molar-refractivity contribution in [1.29, 1.82) is 0 Å². The molecule has 0 radical (unpaired) electrons. The van der Waals surface area contributed by atoms with E-state index < -0.39 is 0 Å². The number of fused-ring (bicyclic) bond motifs is 1. The molecule has 0 aliphatic heterocycles. The molecular weight excluding hydrogens is 324 g/mol. The summed E-state index contributed by atoms with van der Waals surface area (Å²) < 4.78 is 6.95. The summed E-state index contributed by atoms with van der Waals surface area (Å²) in [6.45, 7) is 4.23. The van der Waals surface area contributed by atoms with Crippen LogP contribution in [0.5, 0.6) is 0 Å². The lowest BCUT2D eigenvalue weighted by atomic mass is 10.3. The van der Waals surface area contributed by atoms with Gasteiger partial charge in [0.15, 0.2) is 5.65 Å². The van der Waals surface area contributed by atoms with E-state index in [1.165, 1.54) is 18.1 Å². The van der Waals surface area contributed by atoms with Crippen molar-refractivity contribution in [3.8, 4) is 5.69 Å². The van der Waals surface area contributed by atoms with Gasteiger partial charge in [-0.15, -0.1) is 0 Å². The number of carbonyl (C=O) groups excluding carboxylic acids is 1. The summed E-state index contributed by atoms with van der Waals surface area (Å²) in [5.41, 5.74) is 1.64. The maximum atomic E-state index is 12.0. The molecule has 0 aliphatic carbocycles. The van der Waals surface area contributed by atoms with E-state index in [2.05, 4.69) is 15.1 Å². The molecular formula is C17H18N4O2S. The van der Waals surface area contributed by atoms with Crippen LogP contribution in [0.15, 0.2) is 47.9 Å². The van der Waals surface area contributed by atoms with Crippen molar-refractivity contribution < 1.29 is 9.53 Å². The molecule has 3 rings (SSSR count). The Kier molecular flexibility index (Phi) is 5.10. The minimum absolute atomic E-state index is 0.232. The second-order valence-electron chi connectivity index (χ2n) is 5.24. The molecule has 1 aromatic carbocycles. The third-order valence-corrected chi connectivity index (χ3v) is 4.49. The van der Waals surface area contributed by atoms with Gasteiger partial charge in [-0.05, 0) is 25.5 Å². The highest BCUT2D eigenvalue weighted by molar-refractivity contribution is 8.00. The van der Waals surface area contributed by atoms with Crippen LogP contribution in [0.1, 0.15) is 20.3 Å². The Labute approximate surface area is 144 Å². The van der Waals surface area contributed by atoms with Crippen LogP contribution >= 0.6 is 11.8 Å². The Hall–Kier alpha value is -2.41. The molecule has 0 saturated heterocycles. The van der Waals surface area contributed by atoms with E-state index in [1.54, 1.807) is 10.9 Å². The number of para-hydroxylation sites is 1. The fourth-order valence-electron chi connectivity index (χ4n) is 2.21. The summed E-state index contributed by atoms with van der Waals surface area (Å²) >= 11 is 1.36. The van der Waals surface area contributed by atoms with Crippen LogP contribution in [0, 0.1) is 0 Å². The fraction of sp³-hybridized carbons (Fsp3) is 0.294. The Morgan fingerprint density at radius 1 is 1.29 bits per heavy atom. The number of hydrogen-bond acceptors (Lipinski definition) is 6. The van der Waals surface area contributed by atoms with Gasteiger partial charge >= 0.3 is 5.97 Å². The van der Waals surface area contributed by atoms with Gasteiger partial charge in [-0.1, -0.05) is 36.9 Å². The minimum Gasteiger partial charge on any atom is -0.465 e. The highest BCUT2D eigenvalue weighted by Gasteiger charge is 2.19. The first-order valence-electron chi connectivity index (χ1n) is 7.78. The topological polar surface area (TPSA) is 69.9 Å². The van der Waals surface area contributed by atoms with Crippen LogP contribution in [0.2, 0.25) is 0 Å². The molecule has 0 amide bonds. The van der Waals surface area contributed by atoms with Crippen molar-refractivity contribution in [3.63, 3.8) is 0 Å².